The minimum Gasteiger partial charge on any atom is -0.267 e. The topological polar surface area (TPSA) is 41.5 Å². The minimum absolute atomic E-state index is 0.294. The van der Waals surface area contributed by atoms with Crippen LogP contribution in [0.5, 0.6) is 0 Å². The lowest BCUT2D eigenvalue weighted by atomic mass is 10.1. The van der Waals surface area contributed by atoms with Crippen molar-refractivity contribution in [1.29, 1.82) is 0 Å². The molecule has 0 aliphatic carbocycles. The van der Waals surface area contributed by atoms with Crippen molar-refractivity contribution in [2.75, 3.05) is 0 Å². The third kappa shape index (κ3) is 4.31. The molecule has 1 N–H and O–H groups in total. The minimum atomic E-state index is -0.399. The van der Waals surface area contributed by atoms with Crippen LogP contribution in [-0.2, 0) is 6.42 Å². The van der Waals surface area contributed by atoms with Crippen molar-refractivity contribution in [3.63, 3.8) is 0 Å². The van der Waals surface area contributed by atoms with Gasteiger partial charge in [-0.3, -0.25) is 4.79 Å². The number of nitrogens with zero attached hydrogens (tertiary/aromatic N) is 1. The number of halogens is 2. The first-order chi connectivity index (χ1) is 10.1. The quantitative estimate of drug-likeness (QED) is 0.661. The zero-order valence-electron chi connectivity index (χ0n) is 11.4. The van der Waals surface area contributed by atoms with Gasteiger partial charge < -0.3 is 0 Å². The van der Waals surface area contributed by atoms with E-state index in [0.717, 1.165) is 12.0 Å². The smallest absolute Gasteiger partial charge is 0.267 e. The fourth-order valence-electron chi connectivity index (χ4n) is 1.74. The van der Waals surface area contributed by atoms with E-state index in [1.54, 1.807) is 18.3 Å². The molecule has 0 radical (unpaired) electrons. The number of aryl methyl sites for hydroxylation is 1. The van der Waals surface area contributed by atoms with Crippen molar-refractivity contribution < 1.29 is 4.79 Å². The molecule has 2 rings (SSSR count). The van der Waals surface area contributed by atoms with Gasteiger partial charge in [-0.1, -0.05) is 54.4 Å². The normalized spacial score (nSPS) is 10.8. The second-order valence-corrected chi connectivity index (χ2v) is 5.26. The van der Waals surface area contributed by atoms with Gasteiger partial charge in [-0.2, -0.15) is 5.10 Å². The molecule has 0 unspecified atom stereocenters. The molecule has 0 bridgehead atoms. The SMILES string of the molecule is CCc1ccc(/C=N\NC(=O)c2cc(Cl)ccc2Cl)cc1. The Hall–Kier alpha value is -1.84. The number of carbonyl (C=O) groups is 1. The van der Waals surface area contributed by atoms with E-state index in [2.05, 4.69) is 17.5 Å². The zero-order valence-corrected chi connectivity index (χ0v) is 12.9. The summed E-state index contributed by atoms with van der Waals surface area (Å²) in [6.45, 7) is 2.10. The highest BCUT2D eigenvalue weighted by atomic mass is 35.5. The van der Waals surface area contributed by atoms with E-state index in [1.807, 2.05) is 24.3 Å². The highest BCUT2D eigenvalue weighted by Crippen LogP contribution is 2.20. The maximum atomic E-state index is 11.9. The van der Waals surface area contributed by atoms with Gasteiger partial charge in [0.1, 0.15) is 0 Å². The third-order valence-electron chi connectivity index (χ3n) is 2.94. The molecule has 21 heavy (non-hydrogen) atoms. The molecule has 0 fully saturated rings. The van der Waals surface area contributed by atoms with E-state index in [1.165, 1.54) is 11.6 Å². The van der Waals surface area contributed by atoms with Crippen molar-refractivity contribution in [1.82, 2.24) is 5.43 Å². The lowest BCUT2D eigenvalue weighted by Crippen LogP contribution is -2.18. The number of rotatable bonds is 4. The van der Waals surface area contributed by atoms with Crippen molar-refractivity contribution in [3.05, 3.63) is 69.2 Å². The van der Waals surface area contributed by atoms with E-state index in [-0.39, 0.29) is 0 Å². The molecule has 2 aromatic rings. The first kappa shape index (κ1) is 15.5. The van der Waals surface area contributed by atoms with Crippen molar-refractivity contribution in [2.24, 2.45) is 5.10 Å². The monoisotopic (exact) mass is 320 g/mol. The molecule has 0 saturated heterocycles. The highest BCUT2D eigenvalue weighted by Gasteiger charge is 2.09. The van der Waals surface area contributed by atoms with Crippen LogP contribution < -0.4 is 5.43 Å². The predicted molar refractivity (Wildman–Crippen MR) is 87.3 cm³/mol. The first-order valence-corrected chi connectivity index (χ1v) is 7.23. The van der Waals surface area contributed by atoms with Crippen LogP contribution in [0.3, 0.4) is 0 Å². The molecule has 1 amide bonds. The molecule has 0 aliphatic rings. The van der Waals surface area contributed by atoms with Gasteiger partial charge in [-0.05, 0) is 35.7 Å². The molecular formula is C16H14Cl2N2O. The van der Waals surface area contributed by atoms with Gasteiger partial charge in [0.25, 0.3) is 5.91 Å². The number of amides is 1. The number of hydrazone groups is 1. The van der Waals surface area contributed by atoms with Gasteiger partial charge in [0.15, 0.2) is 0 Å². The number of hydrogen-bond acceptors (Lipinski definition) is 2. The Balaban J connectivity index is 2.02. The van der Waals surface area contributed by atoms with Crippen LogP contribution >= 0.6 is 23.2 Å². The second kappa shape index (κ2) is 7.25. The summed E-state index contributed by atoms with van der Waals surface area (Å²) in [5.41, 5.74) is 4.88. The van der Waals surface area contributed by atoms with E-state index in [4.69, 9.17) is 23.2 Å². The lowest BCUT2D eigenvalue weighted by molar-refractivity contribution is 0.0955. The van der Waals surface area contributed by atoms with Gasteiger partial charge in [0.2, 0.25) is 0 Å². The van der Waals surface area contributed by atoms with Gasteiger partial charge in [0.05, 0.1) is 16.8 Å². The lowest BCUT2D eigenvalue weighted by Gasteiger charge is -2.03. The van der Waals surface area contributed by atoms with Crippen LogP contribution in [0.1, 0.15) is 28.4 Å². The van der Waals surface area contributed by atoms with Crippen LogP contribution in [0.25, 0.3) is 0 Å². The summed E-state index contributed by atoms with van der Waals surface area (Å²) in [5, 5.41) is 4.70. The molecule has 0 saturated carbocycles. The molecule has 0 atom stereocenters. The second-order valence-electron chi connectivity index (χ2n) is 4.42. The summed E-state index contributed by atoms with van der Waals surface area (Å²) >= 11 is 11.8. The molecular weight excluding hydrogens is 307 g/mol. The van der Waals surface area contributed by atoms with Gasteiger partial charge in [-0.25, -0.2) is 5.43 Å². The Labute approximate surface area is 133 Å². The highest BCUT2D eigenvalue weighted by molar-refractivity contribution is 6.35. The number of benzene rings is 2. The van der Waals surface area contributed by atoms with Crippen LogP contribution in [0.2, 0.25) is 10.0 Å². The Morgan fingerprint density at radius 2 is 1.90 bits per heavy atom. The Bertz CT molecular complexity index is 666. The molecule has 5 heteroatoms. The van der Waals surface area contributed by atoms with Gasteiger partial charge >= 0.3 is 0 Å². The van der Waals surface area contributed by atoms with Crippen LogP contribution in [0, 0.1) is 0 Å². The summed E-state index contributed by atoms with van der Waals surface area (Å²) in [7, 11) is 0. The molecule has 0 aliphatic heterocycles. The maximum Gasteiger partial charge on any atom is 0.272 e. The average Bonchev–Trinajstić information content (AvgIpc) is 2.50. The van der Waals surface area contributed by atoms with E-state index < -0.39 is 5.91 Å². The van der Waals surface area contributed by atoms with Crippen LogP contribution in [-0.4, -0.2) is 12.1 Å². The van der Waals surface area contributed by atoms with Crippen molar-refractivity contribution in [3.8, 4) is 0 Å². The number of nitrogens with one attached hydrogen (secondary N) is 1. The van der Waals surface area contributed by atoms with Crippen LogP contribution in [0.15, 0.2) is 47.6 Å². The zero-order chi connectivity index (χ0) is 15.2. The standard InChI is InChI=1S/C16H14Cl2N2O/c1-2-11-3-5-12(6-4-11)10-19-20-16(21)14-9-13(17)7-8-15(14)18/h3-10H,2H2,1H3,(H,20,21)/b19-10-. The van der Waals surface area contributed by atoms with Gasteiger partial charge in [0, 0.05) is 5.02 Å². The van der Waals surface area contributed by atoms with E-state index >= 15 is 0 Å². The predicted octanol–water partition coefficient (Wildman–Crippen LogP) is 4.32. The molecule has 2 aromatic carbocycles. The maximum absolute atomic E-state index is 11.9. The fourth-order valence-corrected chi connectivity index (χ4v) is 2.11. The molecule has 0 spiro atoms. The summed E-state index contributed by atoms with van der Waals surface area (Å²) in [5.74, 6) is -0.399. The fraction of sp³-hybridized carbons (Fsp3) is 0.125. The molecule has 108 valence electrons. The van der Waals surface area contributed by atoms with Gasteiger partial charge in [-0.15, -0.1) is 0 Å². The number of carbonyl (C=O) groups excluding carboxylic acids is 1. The Morgan fingerprint density at radius 3 is 2.57 bits per heavy atom. The summed E-state index contributed by atoms with van der Waals surface area (Å²) in [6.07, 6.45) is 2.57. The Kier molecular flexibility index (Phi) is 5.37. The molecule has 0 heterocycles. The molecule has 3 nitrogen and oxygen atoms in total. The van der Waals surface area contributed by atoms with E-state index in [0.29, 0.717) is 15.6 Å². The summed E-state index contributed by atoms with van der Waals surface area (Å²) in [6, 6.07) is 12.6. The Morgan fingerprint density at radius 1 is 1.19 bits per heavy atom. The third-order valence-corrected chi connectivity index (χ3v) is 3.51. The first-order valence-electron chi connectivity index (χ1n) is 6.47. The van der Waals surface area contributed by atoms with Crippen molar-refractivity contribution >= 4 is 35.3 Å². The van der Waals surface area contributed by atoms with Crippen molar-refractivity contribution in [2.45, 2.75) is 13.3 Å². The summed E-state index contributed by atoms with van der Waals surface area (Å²) in [4.78, 5) is 11.9. The molecule has 0 aromatic heterocycles. The van der Waals surface area contributed by atoms with Crippen LogP contribution in [0.4, 0.5) is 0 Å². The van der Waals surface area contributed by atoms with E-state index in [9.17, 15) is 4.79 Å². The average molecular weight is 321 g/mol. The largest absolute Gasteiger partial charge is 0.272 e. The number of hydrogen-bond donors (Lipinski definition) is 1. The summed E-state index contributed by atoms with van der Waals surface area (Å²) < 4.78 is 0.